The summed E-state index contributed by atoms with van der Waals surface area (Å²) in [4.78, 5) is 14.8. The maximum Gasteiger partial charge on any atom is 0.220 e. The summed E-state index contributed by atoms with van der Waals surface area (Å²) in [6, 6.07) is 0. The van der Waals surface area contributed by atoms with Crippen molar-refractivity contribution in [1.82, 2.24) is 20.5 Å². The Hall–Kier alpha value is -1.39. The molecule has 1 amide bonds. The third-order valence-corrected chi connectivity index (χ3v) is 1.39. The summed E-state index contributed by atoms with van der Waals surface area (Å²) in [5.74, 6) is 0.730. The van der Waals surface area contributed by atoms with Gasteiger partial charge in [-0.25, -0.2) is 4.98 Å². The number of hydrogen-bond donors (Lipinski definition) is 2. The maximum atomic E-state index is 11.0. The van der Waals surface area contributed by atoms with Crippen molar-refractivity contribution in [3.63, 3.8) is 0 Å². The average Bonchev–Trinajstić information content (AvgIpc) is 2.53. The van der Waals surface area contributed by atoms with Crippen LogP contribution in [0.4, 0.5) is 0 Å². The summed E-state index contributed by atoms with van der Waals surface area (Å²) < 4.78 is 0. The number of hydrogen-bond acceptors (Lipinski definition) is 3. The standard InChI is InChI=1S/C7H12N4O/c1-2-3-7(12)8-4-6-9-5-10-11-6/h5H,2-4H2,1H3,(H,8,12)(H,9,10,11). The number of aromatic amines is 1. The predicted octanol–water partition coefficient (Wildman–Crippen LogP) is 0.221. The quantitative estimate of drug-likeness (QED) is 0.675. The van der Waals surface area contributed by atoms with E-state index in [-0.39, 0.29) is 5.91 Å². The van der Waals surface area contributed by atoms with Crippen LogP contribution >= 0.6 is 0 Å². The second-order valence-corrected chi connectivity index (χ2v) is 2.46. The zero-order valence-corrected chi connectivity index (χ0v) is 7.00. The van der Waals surface area contributed by atoms with Crippen LogP contribution in [0.2, 0.25) is 0 Å². The summed E-state index contributed by atoms with van der Waals surface area (Å²) in [5.41, 5.74) is 0. The zero-order chi connectivity index (χ0) is 8.81. The number of H-pyrrole nitrogens is 1. The molecule has 0 fully saturated rings. The molecule has 1 aromatic rings. The fourth-order valence-electron chi connectivity index (χ4n) is 0.814. The van der Waals surface area contributed by atoms with E-state index in [0.29, 0.717) is 18.8 Å². The van der Waals surface area contributed by atoms with Crippen LogP contribution < -0.4 is 5.32 Å². The van der Waals surface area contributed by atoms with Crippen LogP contribution in [-0.2, 0) is 11.3 Å². The van der Waals surface area contributed by atoms with Crippen LogP contribution in [0.3, 0.4) is 0 Å². The van der Waals surface area contributed by atoms with Crippen molar-refractivity contribution in [3.8, 4) is 0 Å². The number of amides is 1. The molecule has 1 heterocycles. The molecule has 12 heavy (non-hydrogen) atoms. The van der Waals surface area contributed by atoms with Crippen molar-refractivity contribution >= 4 is 5.91 Å². The minimum atomic E-state index is 0.0499. The van der Waals surface area contributed by atoms with Crippen LogP contribution in [0.5, 0.6) is 0 Å². The fraction of sp³-hybridized carbons (Fsp3) is 0.571. The Morgan fingerprint density at radius 2 is 2.58 bits per heavy atom. The first-order valence-corrected chi connectivity index (χ1v) is 3.94. The van der Waals surface area contributed by atoms with Crippen molar-refractivity contribution in [3.05, 3.63) is 12.2 Å². The topological polar surface area (TPSA) is 70.7 Å². The smallest absolute Gasteiger partial charge is 0.220 e. The first-order valence-electron chi connectivity index (χ1n) is 3.94. The van der Waals surface area contributed by atoms with Gasteiger partial charge in [0, 0.05) is 6.42 Å². The molecule has 0 aliphatic rings. The van der Waals surface area contributed by atoms with Gasteiger partial charge in [0.2, 0.25) is 5.91 Å². The number of carbonyl (C=O) groups is 1. The largest absolute Gasteiger partial charge is 0.349 e. The molecular weight excluding hydrogens is 156 g/mol. The van der Waals surface area contributed by atoms with E-state index in [4.69, 9.17) is 0 Å². The second-order valence-electron chi connectivity index (χ2n) is 2.46. The Bertz CT molecular complexity index is 232. The summed E-state index contributed by atoms with van der Waals surface area (Å²) >= 11 is 0. The van der Waals surface area contributed by atoms with Crippen molar-refractivity contribution in [2.45, 2.75) is 26.3 Å². The van der Waals surface area contributed by atoms with Crippen LogP contribution in [0.25, 0.3) is 0 Å². The monoisotopic (exact) mass is 168 g/mol. The lowest BCUT2D eigenvalue weighted by Crippen LogP contribution is -2.22. The summed E-state index contributed by atoms with van der Waals surface area (Å²) in [6.45, 7) is 2.40. The highest BCUT2D eigenvalue weighted by atomic mass is 16.1. The minimum Gasteiger partial charge on any atom is -0.349 e. The molecule has 0 saturated heterocycles. The lowest BCUT2D eigenvalue weighted by Gasteiger charge is -1.99. The normalized spacial score (nSPS) is 9.75. The summed E-state index contributed by atoms with van der Waals surface area (Å²) in [7, 11) is 0. The van der Waals surface area contributed by atoms with Gasteiger partial charge >= 0.3 is 0 Å². The van der Waals surface area contributed by atoms with E-state index < -0.39 is 0 Å². The molecule has 0 saturated carbocycles. The molecule has 0 spiro atoms. The van der Waals surface area contributed by atoms with E-state index in [0.717, 1.165) is 6.42 Å². The van der Waals surface area contributed by atoms with Gasteiger partial charge in [-0.3, -0.25) is 9.89 Å². The Labute approximate surface area is 70.6 Å². The fourth-order valence-corrected chi connectivity index (χ4v) is 0.814. The van der Waals surface area contributed by atoms with E-state index in [1.54, 1.807) is 0 Å². The van der Waals surface area contributed by atoms with Crippen molar-refractivity contribution in [1.29, 1.82) is 0 Å². The van der Waals surface area contributed by atoms with E-state index in [1.165, 1.54) is 6.33 Å². The van der Waals surface area contributed by atoms with Gasteiger partial charge < -0.3 is 5.32 Å². The van der Waals surface area contributed by atoms with Crippen LogP contribution in [0, 0.1) is 0 Å². The van der Waals surface area contributed by atoms with Gasteiger partial charge in [-0.2, -0.15) is 5.10 Å². The number of rotatable bonds is 4. The van der Waals surface area contributed by atoms with Crippen LogP contribution in [0.15, 0.2) is 6.33 Å². The number of nitrogens with one attached hydrogen (secondary N) is 2. The Morgan fingerprint density at radius 3 is 3.17 bits per heavy atom. The van der Waals surface area contributed by atoms with Gasteiger partial charge in [0.05, 0.1) is 6.54 Å². The molecule has 5 heteroatoms. The molecule has 0 aliphatic heterocycles. The first-order chi connectivity index (χ1) is 5.83. The second kappa shape index (κ2) is 4.48. The molecule has 5 nitrogen and oxygen atoms in total. The minimum absolute atomic E-state index is 0.0499. The molecule has 0 atom stereocenters. The lowest BCUT2D eigenvalue weighted by atomic mass is 10.3. The molecule has 1 rings (SSSR count). The van der Waals surface area contributed by atoms with Gasteiger partial charge in [-0.1, -0.05) is 6.92 Å². The summed E-state index contributed by atoms with van der Waals surface area (Å²) in [6.07, 6.45) is 2.84. The molecule has 2 N–H and O–H groups in total. The number of carbonyl (C=O) groups excluding carboxylic acids is 1. The van der Waals surface area contributed by atoms with Crippen molar-refractivity contribution < 1.29 is 4.79 Å². The molecule has 0 unspecified atom stereocenters. The maximum absolute atomic E-state index is 11.0. The molecule has 66 valence electrons. The Balaban J connectivity index is 2.22. The van der Waals surface area contributed by atoms with Gasteiger partial charge in [0.1, 0.15) is 12.2 Å². The average molecular weight is 168 g/mol. The SMILES string of the molecule is CCCC(=O)NCc1ncn[nH]1. The predicted molar refractivity (Wildman–Crippen MR) is 43.1 cm³/mol. The molecule has 0 radical (unpaired) electrons. The molecule has 1 aromatic heterocycles. The number of aromatic nitrogens is 3. The van der Waals surface area contributed by atoms with Gasteiger partial charge in [-0.15, -0.1) is 0 Å². The summed E-state index contributed by atoms with van der Waals surface area (Å²) in [5, 5.41) is 9.03. The van der Waals surface area contributed by atoms with E-state index in [1.807, 2.05) is 6.92 Å². The van der Waals surface area contributed by atoms with Crippen molar-refractivity contribution in [2.24, 2.45) is 0 Å². The van der Waals surface area contributed by atoms with E-state index in [9.17, 15) is 4.79 Å². The van der Waals surface area contributed by atoms with Gasteiger partial charge in [-0.05, 0) is 6.42 Å². The number of nitrogens with zero attached hydrogens (tertiary/aromatic N) is 2. The van der Waals surface area contributed by atoms with Crippen molar-refractivity contribution in [2.75, 3.05) is 0 Å². The van der Waals surface area contributed by atoms with Crippen LogP contribution in [0.1, 0.15) is 25.6 Å². The molecule has 0 bridgehead atoms. The zero-order valence-electron chi connectivity index (χ0n) is 7.00. The van der Waals surface area contributed by atoms with Crippen LogP contribution in [-0.4, -0.2) is 21.1 Å². The van der Waals surface area contributed by atoms with E-state index in [2.05, 4.69) is 20.5 Å². The molecule has 0 aromatic carbocycles. The highest BCUT2D eigenvalue weighted by Gasteiger charge is 1.99. The highest BCUT2D eigenvalue weighted by Crippen LogP contribution is 1.88. The third-order valence-electron chi connectivity index (χ3n) is 1.39. The lowest BCUT2D eigenvalue weighted by molar-refractivity contribution is -0.121. The Kier molecular flexibility index (Phi) is 3.25. The molecular formula is C7H12N4O. The van der Waals surface area contributed by atoms with Gasteiger partial charge in [0.15, 0.2) is 0 Å². The first kappa shape index (κ1) is 8.70. The van der Waals surface area contributed by atoms with Gasteiger partial charge in [0.25, 0.3) is 0 Å². The Morgan fingerprint density at radius 1 is 1.75 bits per heavy atom. The molecule has 0 aliphatic carbocycles. The third kappa shape index (κ3) is 2.69. The van der Waals surface area contributed by atoms with E-state index >= 15 is 0 Å². The highest BCUT2D eigenvalue weighted by molar-refractivity contribution is 5.75.